The van der Waals surface area contributed by atoms with Gasteiger partial charge in [0.1, 0.15) is 17.5 Å². The first-order valence-corrected chi connectivity index (χ1v) is 7.72. The number of hydrogen-bond donors (Lipinski definition) is 1. The molecule has 22 heavy (non-hydrogen) atoms. The van der Waals surface area contributed by atoms with Crippen LogP contribution in [0.5, 0.6) is 0 Å². The standard InChI is InChI=1S/C17H22N4O/c1-13-19-16(18)10-17(20-13)21-9-5-8-15(11-21)22-12-14-6-3-2-4-7-14/h2-4,6-7,10,15H,5,8-9,11-12H2,1H3,(H2,18,19,20)/t15-/m0/s1. The number of benzene rings is 1. The zero-order valence-corrected chi connectivity index (χ0v) is 12.9. The van der Waals surface area contributed by atoms with Crippen molar-refractivity contribution in [1.82, 2.24) is 9.97 Å². The highest BCUT2D eigenvalue weighted by molar-refractivity contribution is 5.47. The largest absolute Gasteiger partial charge is 0.384 e. The van der Waals surface area contributed by atoms with Gasteiger partial charge in [0.25, 0.3) is 0 Å². The zero-order valence-electron chi connectivity index (χ0n) is 12.9. The number of piperidine rings is 1. The van der Waals surface area contributed by atoms with Crippen molar-refractivity contribution in [3.8, 4) is 0 Å². The molecule has 0 spiro atoms. The van der Waals surface area contributed by atoms with Crippen LogP contribution in [0.3, 0.4) is 0 Å². The molecule has 1 fully saturated rings. The molecule has 5 heteroatoms. The van der Waals surface area contributed by atoms with Gasteiger partial charge in [0.2, 0.25) is 0 Å². The topological polar surface area (TPSA) is 64.3 Å². The maximum absolute atomic E-state index is 6.06. The predicted octanol–water partition coefficient (Wildman–Crippen LogP) is 2.55. The molecule has 1 aromatic heterocycles. The van der Waals surface area contributed by atoms with Gasteiger partial charge >= 0.3 is 0 Å². The van der Waals surface area contributed by atoms with Crippen LogP contribution in [0, 0.1) is 6.92 Å². The average Bonchev–Trinajstić information content (AvgIpc) is 2.53. The van der Waals surface area contributed by atoms with Gasteiger partial charge in [0.15, 0.2) is 0 Å². The molecule has 3 rings (SSSR count). The number of hydrogen-bond acceptors (Lipinski definition) is 5. The fraction of sp³-hybridized carbons (Fsp3) is 0.412. The minimum absolute atomic E-state index is 0.227. The summed E-state index contributed by atoms with van der Waals surface area (Å²) in [6.45, 7) is 4.36. The minimum atomic E-state index is 0.227. The lowest BCUT2D eigenvalue weighted by molar-refractivity contribution is 0.0314. The van der Waals surface area contributed by atoms with E-state index in [1.807, 2.05) is 31.2 Å². The third-order valence-electron chi connectivity index (χ3n) is 3.87. The number of nitrogens with two attached hydrogens (primary N) is 1. The van der Waals surface area contributed by atoms with E-state index in [0.717, 1.165) is 31.7 Å². The summed E-state index contributed by atoms with van der Waals surface area (Å²) in [6, 6.07) is 12.1. The van der Waals surface area contributed by atoms with Gasteiger partial charge in [-0.1, -0.05) is 30.3 Å². The van der Waals surface area contributed by atoms with Gasteiger partial charge in [0.05, 0.1) is 12.7 Å². The van der Waals surface area contributed by atoms with Gasteiger partial charge in [-0.05, 0) is 25.3 Å². The Morgan fingerprint density at radius 3 is 2.86 bits per heavy atom. The van der Waals surface area contributed by atoms with Crippen molar-refractivity contribution >= 4 is 11.6 Å². The highest BCUT2D eigenvalue weighted by atomic mass is 16.5. The van der Waals surface area contributed by atoms with Crippen LogP contribution in [-0.4, -0.2) is 29.2 Å². The van der Waals surface area contributed by atoms with Crippen LogP contribution in [0.4, 0.5) is 11.6 Å². The van der Waals surface area contributed by atoms with Crippen molar-refractivity contribution in [2.75, 3.05) is 23.7 Å². The molecule has 1 aliphatic heterocycles. The van der Waals surface area contributed by atoms with E-state index < -0.39 is 0 Å². The molecular weight excluding hydrogens is 276 g/mol. The fourth-order valence-corrected chi connectivity index (χ4v) is 2.81. The number of nitrogen functional groups attached to an aromatic ring is 1. The predicted molar refractivity (Wildman–Crippen MR) is 87.6 cm³/mol. The van der Waals surface area contributed by atoms with E-state index in [2.05, 4.69) is 27.0 Å². The second kappa shape index (κ2) is 6.75. The maximum atomic E-state index is 6.06. The maximum Gasteiger partial charge on any atom is 0.134 e. The summed E-state index contributed by atoms with van der Waals surface area (Å²) < 4.78 is 6.06. The summed E-state index contributed by atoms with van der Waals surface area (Å²) in [5, 5.41) is 0. The first kappa shape index (κ1) is 14.8. The molecule has 0 bridgehead atoms. The van der Waals surface area contributed by atoms with E-state index in [4.69, 9.17) is 10.5 Å². The first-order chi connectivity index (χ1) is 10.7. The van der Waals surface area contributed by atoms with E-state index in [-0.39, 0.29) is 6.10 Å². The molecule has 5 nitrogen and oxygen atoms in total. The SMILES string of the molecule is Cc1nc(N)cc(N2CCC[C@H](OCc3ccccc3)C2)n1. The van der Waals surface area contributed by atoms with Crippen LogP contribution in [0.15, 0.2) is 36.4 Å². The lowest BCUT2D eigenvalue weighted by atomic mass is 10.1. The average molecular weight is 298 g/mol. The van der Waals surface area contributed by atoms with Crippen molar-refractivity contribution in [1.29, 1.82) is 0 Å². The molecule has 2 N–H and O–H groups in total. The number of ether oxygens (including phenoxy) is 1. The van der Waals surface area contributed by atoms with Crippen LogP contribution in [0.25, 0.3) is 0 Å². The Balaban J connectivity index is 1.61. The van der Waals surface area contributed by atoms with Crippen LogP contribution in [0.1, 0.15) is 24.2 Å². The van der Waals surface area contributed by atoms with Crippen molar-refractivity contribution < 1.29 is 4.74 Å². The number of aromatic nitrogens is 2. The summed E-state index contributed by atoms with van der Waals surface area (Å²) in [5.74, 6) is 2.13. The number of anilines is 2. The van der Waals surface area contributed by atoms with Gasteiger partial charge in [-0.2, -0.15) is 0 Å². The fourth-order valence-electron chi connectivity index (χ4n) is 2.81. The lowest BCUT2D eigenvalue weighted by Crippen LogP contribution is -2.40. The third kappa shape index (κ3) is 3.74. The van der Waals surface area contributed by atoms with Crippen LogP contribution >= 0.6 is 0 Å². The molecule has 2 aromatic rings. The smallest absolute Gasteiger partial charge is 0.134 e. The molecule has 1 atom stereocenters. The Hall–Kier alpha value is -2.14. The van der Waals surface area contributed by atoms with Gasteiger partial charge < -0.3 is 15.4 Å². The number of rotatable bonds is 4. The summed E-state index contributed by atoms with van der Waals surface area (Å²) in [5.41, 5.74) is 7.04. The summed E-state index contributed by atoms with van der Waals surface area (Å²) >= 11 is 0. The van der Waals surface area contributed by atoms with Gasteiger partial charge in [-0.3, -0.25) is 0 Å². The van der Waals surface area contributed by atoms with Crippen molar-refractivity contribution in [3.63, 3.8) is 0 Å². The molecule has 0 amide bonds. The Morgan fingerprint density at radius 1 is 1.27 bits per heavy atom. The second-order valence-corrected chi connectivity index (χ2v) is 5.71. The molecular formula is C17H22N4O. The summed E-state index contributed by atoms with van der Waals surface area (Å²) in [4.78, 5) is 10.9. The minimum Gasteiger partial charge on any atom is -0.384 e. The Morgan fingerprint density at radius 2 is 2.09 bits per heavy atom. The highest BCUT2D eigenvalue weighted by Gasteiger charge is 2.22. The molecule has 0 saturated carbocycles. The molecule has 0 unspecified atom stereocenters. The van der Waals surface area contributed by atoms with Crippen LogP contribution < -0.4 is 10.6 Å². The summed E-state index contributed by atoms with van der Waals surface area (Å²) in [7, 11) is 0. The zero-order chi connectivity index (χ0) is 15.4. The number of nitrogens with zero attached hydrogens (tertiary/aromatic N) is 3. The van der Waals surface area contributed by atoms with E-state index in [0.29, 0.717) is 18.2 Å². The van der Waals surface area contributed by atoms with Gasteiger partial charge in [0, 0.05) is 19.2 Å². The molecule has 0 radical (unpaired) electrons. The van der Waals surface area contributed by atoms with Gasteiger partial charge in [-0.15, -0.1) is 0 Å². The highest BCUT2D eigenvalue weighted by Crippen LogP contribution is 2.21. The molecule has 1 aliphatic rings. The van der Waals surface area contributed by atoms with Crippen molar-refractivity contribution in [2.45, 2.75) is 32.5 Å². The lowest BCUT2D eigenvalue weighted by Gasteiger charge is -2.33. The van der Waals surface area contributed by atoms with Crippen molar-refractivity contribution in [2.24, 2.45) is 0 Å². The van der Waals surface area contributed by atoms with E-state index in [9.17, 15) is 0 Å². The second-order valence-electron chi connectivity index (χ2n) is 5.71. The van der Waals surface area contributed by atoms with E-state index in [1.54, 1.807) is 0 Å². The molecule has 0 aliphatic carbocycles. The third-order valence-corrected chi connectivity index (χ3v) is 3.87. The normalized spacial score (nSPS) is 18.4. The van der Waals surface area contributed by atoms with Crippen LogP contribution in [-0.2, 0) is 11.3 Å². The Bertz CT molecular complexity index is 597. The quantitative estimate of drug-likeness (QED) is 0.939. The molecule has 1 aromatic carbocycles. The number of aryl methyl sites for hydroxylation is 1. The van der Waals surface area contributed by atoms with Crippen molar-refractivity contribution in [3.05, 3.63) is 47.8 Å². The molecule has 1 saturated heterocycles. The monoisotopic (exact) mass is 298 g/mol. The van der Waals surface area contributed by atoms with E-state index in [1.165, 1.54) is 5.56 Å². The Labute approximate surface area is 131 Å². The van der Waals surface area contributed by atoms with Gasteiger partial charge in [-0.25, -0.2) is 9.97 Å². The van der Waals surface area contributed by atoms with Crippen LogP contribution in [0.2, 0.25) is 0 Å². The summed E-state index contributed by atoms with van der Waals surface area (Å²) in [6.07, 6.45) is 2.41. The Kier molecular flexibility index (Phi) is 4.53. The molecule has 116 valence electrons. The first-order valence-electron chi connectivity index (χ1n) is 7.72. The van der Waals surface area contributed by atoms with E-state index >= 15 is 0 Å². The molecule has 2 heterocycles.